The number of fused-ring (bicyclic) bond motifs is 1. The fourth-order valence-corrected chi connectivity index (χ4v) is 3.95. The van der Waals surface area contributed by atoms with Crippen molar-refractivity contribution in [1.29, 1.82) is 0 Å². The van der Waals surface area contributed by atoms with Crippen molar-refractivity contribution in [3.05, 3.63) is 125 Å². The molecule has 0 spiro atoms. The summed E-state index contributed by atoms with van der Waals surface area (Å²) < 4.78 is 0. The first-order valence-electron chi connectivity index (χ1n) is 14.2. The Morgan fingerprint density at radius 3 is 2.26 bits per heavy atom. The molecule has 0 atom stereocenters. The summed E-state index contributed by atoms with van der Waals surface area (Å²) >= 11 is 0. The summed E-state index contributed by atoms with van der Waals surface area (Å²) in [4.78, 5) is 21.4. The molecule has 0 unspecified atom stereocenters. The third-order valence-electron chi connectivity index (χ3n) is 6.38. The minimum Gasteiger partial charge on any atom is -0.342 e. The van der Waals surface area contributed by atoms with E-state index in [4.69, 9.17) is 0 Å². The number of aliphatic imine (C=N–C) groups is 1. The van der Waals surface area contributed by atoms with Gasteiger partial charge in [-0.3, -0.25) is 14.9 Å². The van der Waals surface area contributed by atoms with Crippen molar-refractivity contribution in [1.82, 2.24) is 20.2 Å². The summed E-state index contributed by atoms with van der Waals surface area (Å²) in [5.74, 6) is 0.104. The minimum absolute atomic E-state index is 0. The van der Waals surface area contributed by atoms with E-state index in [0.717, 1.165) is 24.1 Å². The Morgan fingerprint density at radius 1 is 0.953 bits per heavy atom. The molecule has 0 aliphatic carbocycles. The number of aromatic nitrogens is 4. The van der Waals surface area contributed by atoms with Crippen molar-refractivity contribution in [3.63, 3.8) is 0 Å². The van der Waals surface area contributed by atoms with E-state index in [1.807, 2.05) is 39.2 Å². The molecule has 2 N–H and O–H groups in total. The van der Waals surface area contributed by atoms with Gasteiger partial charge in [-0.2, -0.15) is 29.2 Å². The number of carbonyl (C=O) groups excluding carboxylic acids is 1. The Morgan fingerprint density at radius 2 is 1.70 bits per heavy atom. The Hall–Kier alpha value is -2.81. The normalized spacial score (nSPS) is 9.88. The first kappa shape index (κ1) is 40.2. The third kappa shape index (κ3) is 14.5. The van der Waals surface area contributed by atoms with Crippen molar-refractivity contribution in [2.75, 3.05) is 7.05 Å². The van der Waals surface area contributed by atoms with Gasteiger partial charge in [-0.1, -0.05) is 94.8 Å². The molecular weight excluding hydrogens is 558 g/mol. The molecule has 0 saturated carbocycles. The smallest absolute Gasteiger partial charge is 0.342 e. The number of nitrogens with one attached hydrogen (secondary N) is 2. The minimum atomic E-state index is 0. The van der Waals surface area contributed by atoms with Crippen molar-refractivity contribution in [2.24, 2.45) is 4.99 Å². The van der Waals surface area contributed by atoms with Gasteiger partial charge in [0.1, 0.15) is 5.69 Å². The molecule has 6 nitrogen and oxygen atoms in total. The number of H-pyrrole nitrogens is 2. The van der Waals surface area contributed by atoms with Gasteiger partial charge in [-0.25, -0.2) is 4.98 Å². The van der Waals surface area contributed by atoms with Crippen LogP contribution in [-0.4, -0.2) is 38.7 Å². The Balaban J connectivity index is 0.000000543. The molecule has 0 saturated heterocycles. The Kier molecular flexibility index (Phi) is 21.2. The molecule has 43 heavy (non-hydrogen) atoms. The van der Waals surface area contributed by atoms with E-state index in [2.05, 4.69) is 114 Å². The van der Waals surface area contributed by atoms with Crippen LogP contribution in [0.5, 0.6) is 0 Å². The van der Waals surface area contributed by atoms with Crippen LogP contribution in [0.15, 0.2) is 90.4 Å². The summed E-state index contributed by atoms with van der Waals surface area (Å²) in [5.41, 5.74) is 9.38. The molecule has 0 radical (unpaired) electrons. The van der Waals surface area contributed by atoms with E-state index >= 15 is 0 Å². The van der Waals surface area contributed by atoms with Crippen molar-refractivity contribution in [3.8, 4) is 0 Å². The second-order valence-corrected chi connectivity index (χ2v) is 9.54. The monoisotopic (exact) mass is 605 g/mol. The summed E-state index contributed by atoms with van der Waals surface area (Å²) in [6.07, 6.45) is 9.83. The number of imidazole rings is 1. The van der Waals surface area contributed by atoms with Crippen LogP contribution in [0, 0.1) is 20.3 Å². The van der Waals surface area contributed by atoms with E-state index < -0.39 is 0 Å². The molecule has 3 aromatic carbocycles. The SMILES string of the molecule is C.CCC(=O)c1cnc[nH]1.CC[CH-]c1ccc2[nH]ncc2c1.CCc1cccc(C)c1.CN=C(C)c1ccccc1C.[K+]. The summed E-state index contributed by atoms with van der Waals surface area (Å²) in [6, 6.07) is 23.2. The number of hydrogen-bond donors (Lipinski definition) is 2. The summed E-state index contributed by atoms with van der Waals surface area (Å²) in [5, 5.41) is 8.07. The van der Waals surface area contributed by atoms with Gasteiger partial charge in [0, 0.05) is 30.9 Å². The number of carbonyl (C=O) groups is 1. The third-order valence-corrected chi connectivity index (χ3v) is 6.38. The number of rotatable bonds is 6. The molecule has 224 valence electrons. The molecule has 0 aliphatic rings. The maximum atomic E-state index is 10.8. The van der Waals surface area contributed by atoms with Crippen LogP contribution in [-0.2, 0) is 6.42 Å². The van der Waals surface area contributed by atoms with Gasteiger partial charge in [0.05, 0.1) is 12.5 Å². The van der Waals surface area contributed by atoms with Gasteiger partial charge in [0.2, 0.25) is 0 Å². The van der Waals surface area contributed by atoms with Crippen molar-refractivity contribution >= 4 is 22.4 Å². The number of aromatic amines is 2. The molecule has 5 aromatic rings. The first-order chi connectivity index (χ1) is 19.8. The summed E-state index contributed by atoms with van der Waals surface area (Å²) in [6.45, 7) is 12.4. The second-order valence-electron chi connectivity index (χ2n) is 9.54. The zero-order valence-corrected chi connectivity index (χ0v) is 29.7. The fraction of sp³-hybridized carbons (Fsp3) is 0.306. The quantitative estimate of drug-likeness (QED) is 0.105. The molecule has 2 aromatic heterocycles. The van der Waals surface area contributed by atoms with Crippen LogP contribution in [0.25, 0.3) is 10.9 Å². The predicted octanol–water partition coefficient (Wildman–Crippen LogP) is 6.16. The number of ketones is 1. The average Bonchev–Trinajstić information content (AvgIpc) is 3.70. The Labute approximate surface area is 301 Å². The topological polar surface area (TPSA) is 86.8 Å². The van der Waals surface area contributed by atoms with Gasteiger partial charge < -0.3 is 4.98 Å². The number of Topliss-reactive ketones (excluding diaryl/α,β-unsaturated/α-hetero) is 1. The molecule has 7 heteroatoms. The van der Waals surface area contributed by atoms with Crippen molar-refractivity contribution in [2.45, 2.75) is 68.2 Å². The largest absolute Gasteiger partial charge is 1.00 e. The molecule has 0 fully saturated rings. The van der Waals surface area contributed by atoms with Crippen LogP contribution in [0.4, 0.5) is 0 Å². The number of benzene rings is 3. The van der Waals surface area contributed by atoms with E-state index in [1.54, 1.807) is 0 Å². The Bertz CT molecular complexity index is 1490. The molecule has 0 amide bonds. The number of nitrogens with zero attached hydrogens (tertiary/aromatic N) is 3. The van der Waals surface area contributed by atoms with E-state index in [9.17, 15) is 4.79 Å². The number of hydrogen-bond acceptors (Lipinski definition) is 4. The van der Waals surface area contributed by atoms with E-state index in [1.165, 1.54) is 45.7 Å². The maximum Gasteiger partial charge on any atom is 1.00 e. The van der Waals surface area contributed by atoms with Gasteiger partial charge in [-0.15, -0.1) is 0 Å². The summed E-state index contributed by atoms with van der Waals surface area (Å²) in [7, 11) is 1.82. The zero-order valence-electron chi connectivity index (χ0n) is 26.5. The van der Waals surface area contributed by atoms with Gasteiger partial charge >= 0.3 is 51.4 Å². The van der Waals surface area contributed by atoms with Crippen LogP contribution >= 0.6 is 0 Å². The second kappa shape index (κ2) is 22.7. The van der Waals surface area contributed by atoms with E-state index in [0.29, 0.717) is 12.1 Å². The van der Waals surface area contributed by atoms with Crippen LogP contribution < -0.4 is 51.4 Å². The first-order valence-corrected chi connectivity index (χ1v) is 14.2. The molecule has 2 heterocycles. The average molecular weight is 606 g/mol. The van der Waals surface area contributed by atoms with Gasteiger partial charge in [0.15, 0.2) is 5.78 Å². The van der Waals surface area contributed by atoms with Gasteiger partial charge in [-0.05, 0) is 49.3 Å². The van der Waals surface area contributed by atoms with E-state index in [-0.39, 0.29) is 64.6 Å². The van der Waals surface area contributed by atoms with Crippen LogP contribution in [0.1, 0.15) is 86.3 Å². The standard InChI is InChI=1S/C10H11N2.C10H13N.C9H12.C6H8N2O.CH4.K/c1-2-3-8-4-5-10-9(6-8)7-11-12-10;1-8-6-4-5-7-10(8)9(2)11-3;1-3-9-6-4-5-8(2)7-9;1-2-6(9)5-3-7-4-8-5;;/h3-7H,2H2,1H3,(H,11,12);4-7H,1-3H3;4-7H,3H2,1-2H3;3-4H,2H2,1H3,(H,7,8);1H4;/q-1;;;;;+1. The predicted molar refractivity (Wildman–Crippen MR) is 180 cm³/mol. The van der Waals surface area contributed by atoms with Crippen molar-refractivity contribution < 1.29 is 56.2 Å². The molecule has 0 bridgehead atoms. The van der Waals surface area contributed by atoms with Crippen LogP contribution in [0.2, 0.25) is 0 Å². The zero-order chi connectivity index (χ0) is 30.0. The maximum absolute atomic E-state index is 10.8. The molecule has 5 rings (SSSR count). The molecule has 0 aliphatic heterocycles. The fourth-order valence-electron chi connectivity index (χ4n) is 3.95. The van der Waals surface area contributed by atoms with Gasteiger partial charge in [0.25, 0.3) is 0 Å². The van der Waals surface area contributed by atoms with Crippen LogP contribution in [0.3, 0.4) is 0 Å². The molecular formula is C36H48KN5O. The number of aryl methyl sites for hydroxylation is 3.